The fourth-order valence-corrected chi connectivity index (χ4v) is 5.56. The lowest BCUT2D eigenvalue weighted by atomic mass is 10.0. The molecule has 0 fully saturated rings. The summed E-state index contributed by atoms with van der Waals surface area (Å²) in [5.74, 6) is 0.651. The molecular formula is C32H41N3O3Si. The van der Waals surface area contributed by atoms with Crippen LogP contribution in [0.1, 0.15) is 43.6 Å². The molecule has 7 heteroatoms. The largest absolute Gasteiger partial charge is 0.487 e. The summed E-state index contributed by atoms with van der Waals surface area (Å²) < 4.78 is 13.2. The summed E-state index contributed by atoms with van der Waals surface area (Å²) in [7, 11) is -2.11. The number of hydrogen-bond acceptors (Lipinski definition) is 5. The molecule has 4 N–H and O–H groups in total. The molecule has 39 heavy (non-hydrogen) atoms. The van der Waals surface area contributed by atoms with E-state index in [9.17, 15) is 4.79 Å². The van der Waals surface area contributed by atoms with Crippen molar-refractivity contribution in [2.75, 3.05) is 18.8 Å². The number of pyridine rings is 1. The molecule has 0 amide bonds. The van der Waals surface area contributed by atoms with Gasteiger partial charge in [0, 0.05) is 23.7 Å². The van der Waals surface area contributed by atoms with E-state index >= 15 is 0 Å². The first kappa shape index (κ1) is 28.6. The van der Waals surface area contributed by atoms with Crippen molar-refractivity contribution in [1.82, 2.24) is 10.3 Å². The number of nitrogen functional groups attached to an aromatic ring is 1. The zero-order chi connectivity index (χ0) is 28.0. The van der Waals surface area contributed by atoms with Crippen LogP contribution in [0.25, 0.3) is 10.9 Å². The predicted molar refractivity (Wildman–Crippen MR) is 164 cm³/mol. The van der Waals surface area contributed by atoms with Crippen molar-refractivity contribution in [2.45, 2.75) is 58.0 Å². The number of anilines is 1. The van der Waals surface area contributed by atoms with Crippen molar-refractivity contribution in [1.29, 1.82) is 0 Å². The van der Waals surface area contributed by atoms with Gasteiger partial charge in [-0.05, 0) is 72.1 Å². The van der Waals surface area contributed by atoms with Crippen LogP contribution in [-0.4, -0.2) is 26.4 Å². The Bertz CT molecular complexity index is 1430. The number of aromatic nitrogens is 1. The van der Waals surface area contributed by atoms with Gasteiger partial charge in [-0.1, -0.05) is 69.3 Å². The van der Waals surface area contributed by atoms with E-state index in [0.29, 0.717) is 24.4 Å². The second-order valence-electron chi connectivity index (χ2n) is 11.6. The summed E-state index contributed by atoms with van der Waals surface area (Å²) in [5.41, 5.74) is 10.5. The Morgan fingerprint density at radius 1 is 0.923 bits per heavy atom. The zero-order valence-electron chi connectivity index (χ0n) is 23.7. The second kappa shape index (κ2) is 12.2. The monoisotopic (exact) mass is 543 g/mol. The minimum Gasteiger partial charge on any atom is -0.487 e. The lowest BCUT2D eigenvalue weighted by Crippen LogP contribution is -2.43. The Labute approximate surface area is 232 Å². The van der Waals surface area contributed by atoms with E-state index in [1.807, 2.05) is 54.6 Å². The standard InChI is InChI=1S/C32H41N3O3Si/c1-32(2,3)39(4,5)38-29(21-34-20-19-23-11-13-25(33)14-12-23)26-15-17-28(31-27(26)16-18-30(36)35-31)37-22-24-9-7-6-8-10-24/h6-18,29,34H,19-22,33H2,1-5H3,(H,35,36)/t29-/m1/s1. The van der Waals surface area contributed by atoms with Crippen molar-refractivity contribution in [3.05, 3.63) is 106 Å². The van der Waals surface area contributed by atoms with Crippen molar-refractivity contribution >= 4 is 24.9 Å². The number of nitrogens with one attached hydrogen (secondary N) is 2. The average Bonchev–Trinajstić information content (AvgIpc) is 2.90. The molecule has 4 aromatic rings. The number of ether oxygens (including phenoxy) is 1. The smallest absolute Gasteiger partial charge is 0.248 e. The minimum absolute atomic E-state index is 0.0536. The van der Waals surface area contributed by atoms with Gasteiger partial charge in [-0.2, -0.15) is 0 Å². The number of rotatable bonds is 11. The second-order valence-corrected chi connectivity index (χ2v) is 16.4. The van der Waals surface area contributed by atoms with Crippen molar-refractivity contribution in [3.63, 3.8) is 0 Å². The van der Waals surface area contributed by atoms with Crippen LogP contribution < -0.4 is 21.3 Å². The number of benzene rings is 3. The quantitative estimate of drug-likeness (QED) is 0.113. The highest BCUT2D eigenvalue weighted by atomic mass is 28.4. The molecular weight excluding hydrogens is 502 g/mol. The number of fused-ring (bicyclic) bond motifs is 1. The lowest BCUT2D eigenvalue weighted by molar-refractivity contribution is 0.182. The topological polar surface area (TPSA) is 89.4 Å². The molecule has 1 heterocycles. The fraction of sp³-hybridized carbons (Fsp3) is 0.344. The first-order valence-corrected chi connectivity index (χ1v) is 16.5. The molecule has 0 aliphatic carbocycles. The summed E-state index contributed by atoms with van der Waals surface area (Å²) in [6, 6.07) is 25.5. The highest BCUT2D eigenvalue weighted by molar-refractivity contribution is 6.74. The molecule has 206 valence electrons. The lowest BCUT2D eigenvalue weighted by Gasteiger charge is -2.39. The van der Waals surface area contributed by atoms with Crippen molar-refractivity contribution in [3.8, 4) is 5.75 Å². The van der Waals surface area contributed by atoms with Gasteiger partial charge in [-0.15, -0.1) is 0 Å². The van der Waals surface area contributed by atoms with E-state index in [4.69, 9.17) is 14.9 Å². The van der Waals surface area contributed by atoms with Crippen LogP contribution in [0.4, 0.5) is 5.69 Å². The number of nitrogens with two attached hydrogens (primary N) is 1. The Kier molecular flexibility index (Phi) is 8.95. The molecule has 0 unspecified atom stereocenters. The molecule has 0 aliphatic rings. The van der Waals surface area contributed by atoms with Crippen LogP contribution >= 0.6 is 0 Å². The maximum absolute atomic E-state index is 12.4. The molecule has 4 rings (SSSR count). The molecule has 1 atom stereocenters. The molecule has 0 saturated heterocycles. The molecule has 6 nitrogen and oxygen atoms in total. The number of H-pyrrole nitrogens is 1. The van der Waals surface area contributed by atoms with Crippen molar-refractivity contribution in [2.24, 2.45) is 0 Å². The van der Waals surface area contributed by atoms with Gasteiger partial charge in [0.25, 0.3) is 0 Å². The van der Waals surface area contributed by atoms with Crippen LogP contribution in [-0.2, 0) is 17.5 Å². The van der Waals surface area contributed by atoms with E-state index in [0.717, 1.165) is 35.2 Å². The van der Waals surface area contributed by atoms with Crippen LogP contribution in [0.15, 0.2) is 83.7 Å². The zero-order valence-corrected chi connectivity index (χ0v) is 24.7. The molecule has 0 saturated carbocycles. The van der Waals surface area contributed by atoms with Gasteiger partial charge in [0.2, 0.25) is 5.56 Å². The molecule has 0 spiro atoms. The molecule has 0 aliphatic heterocycles. The van der Waals surface area contributed by atoms with Gasteiger partial charge >= 0.3 is 0 Å². The van der Waals surface area contributed by atoms with E-state index in [1.54, 1.807) is 6.07 Å². The highest BCUT2D eigenvalue weighted by Gasteiger charge is 2.39. The predicted octanol–water partition coefficient (Wildman–Crippen LogP) is 6.58. The van der Waals surface area contributed by atoms with Crippen LogP contribution in [0.5, 0.6) is 5.75 Å². The van der Waals surface area contributed by atoms with E-state index < -0.39 is 8.32 Å². The summed E-state index contributed by atoms with van der Waals surface area (Å²) in [6.45, 7) is 13.2. The molecule has 0 bridgehead atoms. The summed E-state index contributed by atoms with van der Waals surface area (Å²) >= 11 is 0. The van der Waals surface area contributed by atoms with E-state index in [-0.39, 0.29) is 16.7 Å². The number of aromatic amines is 1. The molecule has 1 aromatic heterocycles. The van der Waals surface area contributed by atoms with Gasteiger partial charge in [-0.25, -0.2) is 0 Å². The maximum Gasteiger partial charge on any atom is 0.248 e. The van der Waals surface area contributed by atoms with Gasteiger partial charge in [0.05, 0.1) is 11.6 Å². The van der Waals surface area contributed by atoms with E-state index in [2.05, 4.69) is 62.4 Å². The normalized spacial score (nSPS) is 12.9. The van der Waals surface area contributed by atoms with Crippen LogP contribution in [0.2, 0.25) is 18.1 Å². The SMILES string of the molecule is CC(C)(C)[Si](C)(C)O[C@H](CNCCc1ccc(N)cc1)c1ccc(OCc2ccccc2)c2[nH]c(=O)ccc12. The molecule has 3 aromatic carbocycles. The average molecular weight is 544 g/mol. The van der Waals surface area contributed by atoms with Gasteiger partial charge < -0.3 is 25.2 Å². The fourth-order valence-electron chi connectivity index (χ4n) is 4.28. The Morgan fingerprint density at radius 3 is 2.33 bits per heavy atom. The van der Waals surface area contributed by atoms with Crippen molar-refractivity contribution < 1.29 is 9.16 Å². The Hall–Kier alpha value is -3.39. The third kappa shape index (κ3) is 7.38. The van der Waals surface area contributed by atoms with Crippen LogP contribution in [0.3, 0.4) is 0 Å². The summed E-state index contributed by atoms with van der Waals surface area (Å²) in [5, 5.41) is 4.61. The number of hydrogen-bond donors (Lipinski definition) is 3. The van der Waals surface area contributed by atoms with Crippen LogP contribution in [0, 0.1) is 0 Å². The first-order valence-electron chi connectivity index (χ1n) is 13.6. The summed E-state index contributed by atoms with van der Waals surface area (Å²) in [4.78, 5) is 15.4. The third-order valence-corrected chi connectivity index (χ3v) is 12.1. The Balaban J connectivity index is 1.61. The minimum atomic E-state index is -2.11. The van der Waals surface area contributed by atoms with Gasteiger partial charge in [-0.3, -0.25) is 4.79 Å². The summed E-state index contributed by atoms with van der Waals surface area (Å²) in [6.07, 6.45) is 0.710. The first-order chi connectivity index (χ1) is 18.5. The Morgan fingerprint density at radius 2 is 1.64 bits per heavy atom. The van der Waals surface area contributed by atoms with E-state index in [1.165, 1.54) is 5.56 Å². The van der Waals surface area contributed by atoms with Gasteiger partial charge in [0.1, 0.15) is 12.4 Å². The molecule has 0 radical (unpaired) electrons. The maximum atomic E-state index is 12.4. The van der Waals surface area contributed by atoms with Gasteiger partial charge in [0.15, 0.2) is 8.32 Å². The third-order valence-electron chi connectivity index (χ3n) is 7.62. The highest BCUT2D eigenvalue weighted by Crippen LogP contribution is 2.41.